The van der Waals surface area contributed by atoms with Crippen LogP contribution >= 0.6 is 0 Å². The minimum absolute atomic E-state index is 0.0190. The predicted molar refractivity (Wildman–Crippen MR) is 77.1 cm³/mol. The summed E-state index contributed by atoms with van der Waals surface area (Å²) < 4.78 is 29.2. The van der Waals surface area contributed by atoms with Crippen molar-refractivity contribution in [1.82, 2.24) is 9.55 Å². The van der Waals surface area contributed by atoms with Crippen LogP contribution < -0.4 is 0 Å². The molecule has 0 radical (unpaired) electrons. The van der Waals surface area contributed by atoms with Crippen molar-refractivity contribution in [2.24, 2.45) is 0 Å². The van der Waals surface area contributed by atoms with Gasteiger partial charge in [0.15, 0.2) is 5.82 Å². The second-order valence-electron chi connectivity index (χ2n) is 5.17. The highest BCUT2D eigenvalue weighted by Gasteiger charge is 2.19. The van der Waals surface area contributed by atoms with Crippen molar-refractivity contribution in [3.05, 3.63) is 48.0 Å². The van der Waals surface area contributed by atoms with Gasteiger partial charge in [0.1, 0.15) is 22.9 Å². The largest absolute Gasteiger partial charge is 0.507 e. The molecule has 3 nitrogen and oxygen atoms in total. The van der Waals surface area contributed by atoms with E-state index in [9.17, 15) is 13.9 Å². The normalized spacial score (nSPS) is 11.5. The first-order valence-corrected chi connectivity index (χ1v) is 6.64. The average Bonchev–Trinajstić information content (AvgIpc) is 2.82. The van der Waals surface area contributed by atoms with Gasteiger partial charge in [0, 0.05) is 6.04 Å². The highest BCUT2D eigenvalue weighted by molar-refractivity contribution is 5.82. The molecule has 0 saturated carbocycles. The molecule has 0 spiro atoms. The Balaban J connectivity index is 2.39. The molecule has 1 N–H and O–H groups in total. The molecule has 3 rings (SSSR count). The molecule has 2 aromatic carbocycles. The number of nitrogens with zero attached hydrogens (tertiary/aromatic N) is 2. The van der Waals surface area contributed by atoms with Crippen LogP contribution in [0.2, 0.25) is 0 Å². The summed E-state index contributed by atoms with van der Waals surface area (Å²) in [7, 11) is 0. The lowest BCUT2D eigenvalue weighted by Gasteiger charge is -2.13. The molecular weight excluding hydrogens is 274 g/mol. The second-order valence-corrected chi connectivity index (χ2v) is 5.17. The van der Waals surface area contributed by atoms with E-state index in [0.717, 1.165) is 0 Å². The smallest absolute Gasteiger partial charge is 0.151 e. The molecule has 21 heavy (non-hydrogen) atoms. The third-order valence-corrected chi connectivity index (χ3v) is 3.39. The Kier molecular flexibility index (Phi) is 3.12. The first-order valence-electron chi connectivity index (χ1n) is 6.64. The highest BCUT2D eigenvalue weighted by atomic mass is 19.1. The van der Waals surface area contributed by atoms with Gasteiger partial charge < -0.3 is 9.67 Å². The highest BCUT2D eigenvalue weighted by Crippen LogP contribution is 2.34. The number of hydrogen-bond donors (Lipinski definition) is 1. The van der Waals surface area contributed by atoms with Gasteiger partial charge in [-0.1, -0.05) is 6.07 Å². The summed E-state index contributed by atoms with van der Waals surface area (Å²) in [5, 5.41) is 9.98. The van der Waals surface area contributed by atoms with E-state index in [1.54, 1.807) is 16.7 Å². The lowest BCUT2D eigenvalue weighted by atomic mass is 10.1. The lowest BCUT2D eigenvalue weighted by Crippen LogP contribution is -2.03. The molecule has 5 heteroatoms. The fourth-order valence-corrected chi connectivity index (χ4v) is 2.48. The first-order chi connectivity index (χ1) is 9.99. The molecule has 108 valence electrons. The zero-order valence-corrected chi connectivity index (χ0v) is 11.6. The standard InChI is InChI=1S/C16H14F2N2O/c1-9(2)20-13-5-3-4-12(18)15(13)19-16(20)11-8-10(17)6-7-14(11)21/h3-9,21H,1-2H3. The van der Waals surface area contributed by atoms with Gasteiger partial charge in [-0.05, 0) is 44.2 Å². The Hall–Kier alpha value is -2.43. The van der Waals surface area contributed by atoms with Gasteiger partial charge in [0.2, 0.25) is 0 Å². The Bertz CT molecular complexity index is 825. The van der Waals surface area contributed by atoms with E-state index in [1.165, 1.54) is 24.3 Å². The van der Waals surface area contributed by atoms with Crippen LogP contribution in [0.25, 0.3) is 22.4 Å². The maximum Gasteiger partial charge on any atom is 0.151 e. The van der Waals surface area contributed by atoms with Crippen LogP contribution in [0.4, 0.5) is 8.78 Å². The zero-order valence-electron chi connectivity index (χ0n) is 11.6. The van der Waals surface area contributed by atoms with E-state index < -0.39 is 11.6 Å². The minimum atomic E-state index is -0.481. The van der Waals surface area contributed by atoms with E-state index in [4.69, 9.17) is 0 Å². The van der Waals surface area contributed by atoms with Gasteiger partial charge >= 0.3 is 0 Å². The van der Waals surface area contributed by atoms with Crippen LogP contribution in [-0.2, 0) is 0 Å². The van der Waals surface area contributed by atoms with Crippen LogP contribution in [0.1, 0.15) is 19.9 Å². The molecule has 0 saturated heterocycles. The van der Waals surface area contributed by atoms with E-state index in [-0.39, 0.29) is 22.9 Å². The van der Waals surface area contributed by atoms with Gasteiger partial charge in [0.25, 0.3) is 0 Å². The van der Waals surface area contributed by atoms with Crippen LogP contribution in [0, 0.1) is 11.6 Å². The SMILES string of the molecule is CC(C)n1c(-c2cc(F)ccc2O)nc2c(F)cccc21. The predicted octanol–water partition coefficient (Wildman–Crippen LogP) is 4.27. The fourth-order valence-electron chi connectivity index (χ4n) is 2.48. The molecule has 0 fully saturated rings. The number of hydrogen-bond acceptors (Lipinski definition) is 2. The third kappa shape index (κ3) is 2.14. The van der Waals surface area contributed by atoms with Crippen molar-refractivity contribution < 1.29 is 13.9 Å². The number of aromatic hydroxyl groups is 1. The summed E-state index contributed by atoms with van der Waals surface area (Å²) in [5.41, 5.74) is 1.08. The minimum Gasteiger partial charge on any atom is -0.507 e. The molecule has 0 unspecified atom stereocenters. The Morgan fingerprint density at radius 2 is 1.90 bits per heavy atom. The van der Waals surface area contributed by atoms with Crippen LogP contribution in [0.3, 0.4) is 0 Å². The number of benzene rings is 2. The lowest BCUT2D eigenvalue weighted by molar-refractivity contribution is 0.474. The van der Waals surface area contributed by atoms with E-state index in [2.05, 4.69) is 4.98 Å². The van der Waals surface area contributed by atoms with Crippen LogP contribution in [-0.4, -0.2) is 14.7 Å². The number of fused-ring (bicyclic) bond motifs is 1. The molecule has 3 aromatic rings. The van der Waals surface area contributed by atoms with Crippen molar-refractivity contribution in [2.75, 3.05) is 0 Å². The van der Waals surface area contributed by atoms with Crippen molar-refractivity contribution in [2.45, 2.75) is 19.9 Å². The molecule has 1 heterocycles. The molecule has 1 aromatic heterocycles. The monoisotopic (exact) mass is 288 g/mol. The van der Waals surface area contributed by atoms with Gasteiger partial charge in [0.05, 0.1) is 11.1 Å². The summed E-state index contributed by atoms with van der Waals surface area (Å²) in [4.78, 5) is 4.27. The van der Waals surface area contributed by atoms with Crippen molar-refractivity contribution in [3.8, 4) is 17.1 Å². The van der Waals surface area contributed by atoms with Gasteiger partial charge in [-0.25, -0.2) is 13.8 Å². The zero-order chi connectivity index (χ0) is 15.1. The molecule has 0 aliphatic rings. The number of aromatic nitrogens is 2. The average molecular weight is 288 g/mol. The Morgan fingerprint density at radius 3 is 2.62 bits per heavy atom. The van der Waals surface area contributed by atoms with Gasteiger partial charge in [-0.15, -0.1) is 0 Å². The maximum absolute atomic E-state index is 13.9. The quantitative estimate of drug-likeness (QED) is 0.764. The van der Waals surface area contributed by atoms with E-state index in [1.807, 2.05) is 13.8 Å². The van der Waals surface area contributed by atoms with Crippen molar-refractivity contribution in [1.29, 1.82) is 0 Å². The molecule has 0 bridgehead atoms. The van der Waals surface area contributed by atoms with Crippen molar-refractivity contribution >= 4 is 11.0 Å². The molecule has 0 atom stereocenters. The molecular formula is C16H14F2N2O. The fraction of sp³-hybridized carbons (Fsp3) is 0.188. The first kappa shape index (κ1) is 13.5. The van der Waals surface area contributed by atoms with Gasteiger partial charge in [-0.3, -0.25) is 0 Å². The summed E-state index contributed by atoms with van der Waals surface area (Å²) in [6.45, 7) is 3.84. The number of rotatable bonds is 2. The van der Waals surface area contributed by atoms with Crippen LogP contribution in [0.5, 0.6) is 5.75 Å². The van der Waals surface area contributed by atoms with E-state index in [0.29, 0.717) is 11.3 Å². The summed E-state index contributed by atoms with van der Waals surface area (Å²) in [5.74, 6) is -0.661. The maximum atomic E-state index is 13.9. The molecule has 0 aliphatic heterocycles. The number of phenols is 1. The Morgan fingerprint density at radius 1 is 1.14 bits per heavy atom. The topological polar surface area (TPSA) is 38.0 Å². The summed E-state index contributed by atoms with van der Waals surface area (Å²) in [6, 6.07) is 8.31. The third-order valence-electron chi connectivity index (χ3n) is 3.39. The van der Waals surface area contributed by atoms with E-state index >= 15 is 0 Å². The number of phenolic OH excluding ortho intramolecular Hbond substituents is 1. The summed E-state index contributed by atoms with van der Waals surface area (Å²) >= 11 is 0. The molecule has 0 aliphatic carbocycles. The number of halogens is 2. The number of para-hydroxylation sites is 1. The van der Waals surface area contributed by atoms with Gasteiger partial charge in [-0.2, -0.15) is 0 Å². The number of imidazole rings is 1. The second kappa shape index (κ2) is 4.84. The van der Waals surface area contributed by atoms with Crippen molar-refractivity contribution in [3.63, 3.8) is 0 Å². The molecule has 0 amide bonds. The Labute approximate surface area is 120 Å². The summed E-state index contributed by atoms with van der Waals surface area (Å²) in [6.07, 6.45) is 0. The van der Waals surface area contributed by atoms with Crippen LogP contribution in [0.15, 0.2) is 36.4 Å².